The van der Waals surface area contributed by atoms with Crippen LogP contribution in [-0.2, 0) is 22.6 Å². The minimum absolute atomic E-state index is 0.0631. The maximum absolute atomic E-state index is 13.3. The van der Waals surface area contributed by atoms with Gasteiger partial charge >= 0.3 is 0 Å². The fourth-order valence-corrected chi connectivity index (χ4v) is 3.46. The summed E-state index contributed by atoms with van der Waals surface area (Å²) in [4.78, 5) is 27.8. The first-order valence-corrected chi connectivity index (χ1v) is 10.5. The predicted octanol–water partition coefficient (Wildman–Crippen LogP) is 4.19. The maximum Gasteiger partial charge on any atom is 0.242 e. The summed E-state index contributed by atoms with van der Waals surface area (Å²) in [5.41, 5.74) is 4.13. The number of benzene rings is 2. The Bertz CT molecular complexity index is 858. The van der Waals surface area contributed by atoms with Crippen LogP contribution < -0.4 is 10.1 Å². The Morgan fingerprint density at radius 2 is 1.70 bits per heavy atom. The highest BCUT2D eigenvalue weighted by Gasteiger charge is 2.27. The van der Waals surface area contributed by atoms with E-state index in [4.69, 9.17) is 4.74 Å². The van der Waals surface area contributed by atoms with Gasteiger partial charge in [0.25, 0.3) is 0 Å². The lowest BCUT2D eigenvalue weighted by atomic mass is 10.0. The predicted molar refractivity (Wildman–Crippen MR) is 121 cm³/mol. The minimum Gasteiger partial charge on any atom is -0.497 e. The van der Waals surface area contributed by atoms with E-state index in [0.29, 0.717) is 6.54 Å². The van der Waals surface area contributed by atoms with Crippen molar-refractivity contribution in [1.82, 2.24) is 10.2 Å². The Morgan fingerprint density at radius 1 is 1.03 bits per heavy atom. The second-order valence-electron chi connectivity index (χ2n) is 8.04. The van der Waals surface area contributed by atoms with Crippen LogP contribution in [0.3, 0.4) is 0 Å². The molecule has 5 heteroatoms. The van der Waals surface area contributed by atoms with E-state index in [1.165, 1.54) is 0 Å². The number of hydrogen-bond acceptors (Lipinski definition) is 3. The zero-order valence-electron chi connectivity index (χ0n) is 19.0. The number of hydrogen-bond donors (Lipinski definition) is 1. The van der Waals surface area contributed by atoms with Crippen molar-refractivity contribution < 1.29 is 14.3 Å². The quantitative estimate of drug-likeness (QED) is 0.674. The SMILES string of the molecule is CC[C@H](C)NC(=O)[C@H](C)N(Cc1cccc(OC)c1)C(=O)Cc1cc(C)cc(C)c1. The molecule has 0 spiro atoms. The summed E-state index contributed by atoms with van der Waals surface area (Å²) in [5.74, 6) is 0.515. The van der Waals surface area contributed by atoms with Crippen LogP contribution in [-0.4, -0.2) is 35.9 Å². The van der Waals surface area contributed by atoms with E-state index in [2.05, 4.69) is 11.4 Å². The third-order valence-electron chi connectivity index (χ3n) is 5.29. The maximum atomic E-state index is 13.3. The summed E-state index contributed by atoms with van der Waals surface area (Å²) in [5, 5.41) is 3.00. The van der Waals surface area contributed by atoms with E-state index in [1.54, 1.807) is 18.9 Å². The van der Waals surface area contributed by atoms with Crippen LogP contribution in [0.4, 0.5) is 0 Å². The van der Waals surface area contributed by atoms with Gasteiger partial charge in [-0.2, -0.15) is 0 Å². The molecule has 2 aromatic carbocycles. The van der Waals surface area contributed by atoms with Crippen LogP contribution in [0.15, 0.2) is 42.5 Å². The molecule has 5 nitrogen and oxygen atoms in total. The summed E-state index contributed by atoms with van der Waals surface area (Å²) >= 11 is 0. The van der Waals surface area contributed by atoms with E-state index in [1.807, 2.05) is 64.1 Å². The molecular formula is C25H34N2O3. The van der Waals surface area contributed by atoms with Crippen LogP contribution >= 0.6 is 0 Å². The number of aryl methyl sites for hydroxylation is 2. The largest absolute Gasteiger partial charge is 0.497 e. The van der Waals surface area contributed by atoms with Crippen LogP contribution in [0.25, 0.3) is 0 Å². The highest BCUT2D eigenvalue weighted by molar-refractivity contribution is 5.88. The molecule has 0 aliphatic rings. The number of amides is 2. The van der Waals surface area contributed by atoms with Crippen molar-refractivity contribution in [2.75, 3.05) is 7.11 Å². The zero-order chi connectivity index (χ0) is 22.3. The van der Waals surface area contributed by atoms with Crippen molar-refractivity contribution in [2.24, 2.45) is 0 Å². The topological polar surface area (TPSA) is 58.6 Å². The van der Waals surface area contributed by atoms with Gasteiger partial charge < -0.3 is 15.0 Å². The Hall–Kier alpha value is -2.82. The van der Waals surface area contributed by atoms with Crippen molar-refractivity contribution in [1.29, 1.82) is 0 Å². The number of nitrogens with zero attached hydrogens (tertiary/aromatic N) is 1. The molecule has 2 aromatic rings. The molecule has 0 aliphatic carbocycles. The Morgan fingerprint density at radius 3 is 2.30 bits per heavy atom. The van der Waals surface area contributed by atoms with E-state index in [0.717, 1.165) is 34.4 Å². The van der Waals surface area contributed by atoms with Crippen molar-refractivity contribution in [3.63, 3.8) is 0 Å². The zero-order valence-corrected chi connectivity index (χ0v) is 19.0. The van der Waals surface area contributed by atoms with E-state index in [-0.39, 0.29) is 24.3 Å². The molecule has 0 heterocycles. The number of nitrogens with one attached hydrogen (secondary N) is 1. The molecule has 0 saturated heterocycles. The lowest BCUT2D eigenvalue weighted by molar-refractivity contribution is -0.140. The Labute approximate surface area is 180 Å². The molecule has 2 rings (SSSR count). The highest BCUT2D eigenvalue weighted by Crippen LogP contribution is 2.18. The van der Waals surface area contributed by atoms with Gasteiger partial charge in [-0.1, -0.05) is 48.4 Å². The molecule has 0 aromatic heterocycles. The lowest BCUT2D eigenvalue weighted by Gasteiger charge is -2.30. The van der Waals surface area contributed by atoms with Crippen molar-refractivity contribution in [2.45, 2.75) is 66.1 Å². The highest BCUT2D eigenvalue weighted by atomic mass is 16.5. The molecule has 30 heavy (non-hydrogen) atoms. The Kier molecular flexibility index (Phi) is 8.46. The lowest BCUT2D eigenvalue weighted by Crippen LogP contribution is -2.49. The normalized spacial score (nSPS) is 12.7. The van der Waals surface area contributed by atoms with Gasteiger partial charge in [-0.25, -0.2) is 0 Å². The minimum atomic E-state index is -0.580. The smallest absolute Gasteiger partial charge is 0.242 e. The molecular weight excluding hydrogens is 376 g/mol. The molecule has 2 atom stereocenters. The first kappa shape index (κ1) is 23.5. The number of carbonyl (C=O) groups excluding carboxylic acids is 2. The third kappa shape index (κ3) is 6.61. The molecule has 0 radical (unpaired) electrons. The van der Waals surface area contributed by atoms with Gasteiger partial charge in [-0.15, -0.1) is 0 Å². The van der Waals surface area contributed by atoms with Gasteiger partial charge in [-0.05, 0) is 57.4 Å². The van der Waals surface area contributed by atoms with Crippen LogP contribution in [0, 0.1) is 13.8 Å². The Balaban J connectivity index is 2.28. The first-order chi connectivity index (χ1) is 14.2. The van der Waals surface area contributed by atoms with Crippen LogP contribution in [0.5, 0.6) is 5.75 Å². The average Bonchev–Trinajstić information content (AvgIpc) is 2.70. The summed E-state index contributed by atoms with van der Waals surface area (Å²) in [6.07, 6.45) is 1.10. The van der Waals surface area contributed by atoms with Gasteiger partial charge in [-0.3, -0.25) is 9.59 Å². The molecule has 0 bridgehead atoms. The van der Waals surface area contributed by atoms with Crippen LogP contribution in [0.1, 0.15) is 49.4 Å². The van der Waals surface area contributed by atoms with E-state index < -0.39 is 6.04 Å². The van der Waals surface area contributed by atoms with Crippen molar-refractivity contribution >= 4 is 11.8 Å². The standard InChI is InChI=1S/C25H34N2O3/c1-7-19(4)26-25(29)20(5)27(16-21-9-8-10-23(14-21)30-6)24(28)15-22-12-17(2)11-18(3)13-22/h8-14,19-20H,7,15-16H2,1-6H3,(H,26,29)/t19-,20-/m0/s1. The molecule has 162 valence electrons. The molecule has 0 aliphatic heterocycles. The van der Waals surface area contributed by atoms with Gasteiger partial charge in [0.05, 0.1) is 13.5 Å². The fraction of sp³-hybridized carbons (Fsp3) is 0.440. The monoisotopic (exact) mass is 410 g/mol. The third-order valence-corrected chi connectivity index (χ3v) is 5.29. The molecule has 0 saturated carbocycles. The number of ether oxygens (including phenoxy) is 1. The summed E-state index contributed by atoms with van der Waals surface area (Å²) in [7, 11) is 1.62. The van der Waals surface area contributed by atoms with E-state index in [9.17, 15) is 9.59 Å². The van der Waals surface area contributed by atoms with Gasteiger partial charge in [0.2, 0.25) is 11.8 Å². The van der Waals surface area contributed by atoms with E-state index >= 15 is 0 Å². The van der Waals surface area contributed by atoms with Crippen LogP contribution in [0.2, 0.25) is 0 Å². The fourth-order valence-electron chi connectivity index (χ4n) is 3.46. The summed E-state index contributed by atoms with van der Waals surface area (Å²) in [6.45, 7) is 10.2. The second-order valence-corrected chi connectivity index (χ2v) is 8.04. The second kappa shape index (κ2) is 10.8. The first-order valence-electron chi connectivity index (χ1n) is 10.5. The summed E-state index contributed by atoms with van der Waals surface area (Å²) in [6, 6.07) is 13.2. The van der Waals surface area contributed by atoms with Gasteiger partial charge in [0, 0.05) is 12.6 Å². The summed E-state index contributed by atoms with van der Waals surface area (Å²) < 4.78 is 5.31. The van der Waals surface area contributed by atoms with Gasteiger partial charge in [0.15, 0.2) is 0 Å². The molecule has 0 unspecified atom stereocenters. The molecule has 2 amide bonds. The number of carbonyl (C=O) groups is 2. The number of methoxy groups -OCH3 is 1. The van der Waals surface area contributed by atoms with Crippen molar-refractivity contribution in [3.8, 4) is 5.75 Å². The van der Waals surface area contributed by atoms with Gasteiger partial charge in [0.1, 0.15) is 11.8 Å². The molecule has 0 fully saturated rings. The number of rotatable bonds is 9. The van der Waals surface area contributed by atoms with Crippen molar-refractivity contribution in [3.05, 3.63) is 64.7 Å². The average molecular weight is 411 g/mol. The molecule has 1 N–H and O–H groups in total.